The normalized spacial score (nSPS) is 9.55. The number of nitrogens with one attached hydrogen (secondary N) is 1. The van der Waals surface area contributed by atoms with E-state index in [1.807, 2.05) is 6.07 Å². The second kappa shape index (κ2) is 5.63. The molecule has 2 aromatic rings. The average Bonchev–Trinajstić information content (AvgIpc) is 2.47. The van der Waals surface area contributed by atoms with Crippen molar-refractivity contribution in [3.63, 3.8) is 0 Å². The molecule has 0 radical (unpaired) electrons. The van der Waals surface area contributed by atoms with Gasteiger partial charge < -0.3 is 5.32 Å². The van der Waals surface area contributed by atoms with Gasteiger partial charge in [0.15, 0.2) is 0 Å². The maximum absolute atomic E-state index is 12.0. The first-order valence-electron chi connectivity index (χ1n) is 5.67. The van der Waals surface area contributed by atoms with Crippen molar-refractivity contribution in [1.29, 1.82) is 5.26 Å². The van der Waals surface area contributed by atoms with Gasteiger partial charge in [-0.2, -0.15) is 5.26 Å². The minimum atomic E-state index is -0.683. The Morgan fingerprint density at radius 3 is 2.50 bits per heavy atom. The van der Waals surface area contributed by atoms with Crippen LogP contribution in [0.2, 0.25) is 0 Å². The summed E-state index contributed by atoms with van der Waals surface area (Å²) < 4.78 is 0. The summed E-state index contributed by atoms with van der Waals surface area (Å²) in [5, 5.41) is 22.2. The van der Waals surface area contributed by atoms with Crippen LogP contribution in [-0.4, -0.2) is 10.8 Å². The maximum atomic E-state index is 12.0. The summed E-state index contributed by atoms with van der Waals surface area (Å²) in [6.45, 7) is 0. The van der Waals surface area contributed by atoms with E-state index in [-0.39, 0.29) is 16.8 Å². The van der Waals surface area contributed by atoms with Gasteiger partial charge in [0.05, 0.1) is 4.92 Å². The molecule has 98 valence electrons. The van der Waals surface area contributed by atoms with Crippen LogP contribution in [0.4, 0.5) is 11.4 Å². The van der Waals surface area contributed by atoms with Crippen LogP contribution in [-0.2, 0) is 0 Å². The predicted octanol–water partition coefficient (Wildman–Crippen LogP) is 2.72. The van der Waals surface area contributed by atoms with Gasteiger partial charge in [0, 0.05) is 17.3 Å². The van der Waals surface area contributed by atoms with E-state index < -0.39 is 10.8 Å². The van der Waals surface area contributed by atoms with Crippen LogP contribution in [0.5, 0.6) is 0 Å². The van der Waals surface area contributed by atoms with Crippen LogP contribution in [0.3, 0.4) is 0 Å². The minimum absolute atomic E-state index is 0.0775. The Morgan fingerprint density at radius 1 is 1.20 bits per heavy atom. The number of nitrogens with zero attached hydrogens (tertiary/aromatic N) is 2. The number of nitro groups is 1. The van der Waals surface area contributed by atoms with Gasteiger partial charge in [-0.3, -0.25) is 14.9 Å². The van der Waals surface area contributed by atoms with Crippen LogP contribution in [0.25, 0.3) is 0 Å². The minimum Gasteiger partial charge on any atom is -0.322 e. The van der Waals surface area contributed by atoms with Crippen molar-refractivity contribution >= 4 is 17.3 Å². The van der Waals surface area contributed by atoms with Crippen molar-refractivity contribution in [1.82, 2.24) is 0 Å². The number of para-hydroxylation sites is 1. The van der Waals surface area contributed by atoms with E-state index >= 15 is 0 Å². The zero-order chi connectivity index (χ0) is 14.5. The number of rotatable bonds is 3. The number of nitriles is 1. The van der Waals surface area contributed by atoms with Crippen molar-refractivity contribution in [2.75, 3.05) is 5.32 Å². The van der Waals surface area contributed by atoms with Crippen LogP contribution in [0.1, 0.15) is 15.9 Å². The molecule has 0 saturated heterocycles. The van der Waals surface area contributed by atoms with E-state index in [1.54, 1.807) is 30.3 Å². The Balaban J connectivity index is 2.30. The van der Waals surface area contributed by atoms with Gasteiger partial charge in [0.25, 0.3) is 11.6 Å². The number of amides is 1. The van der Waals surface area contributed by atoms with Gasteiger partial charge in [-0.25, -0.2) is 0 Å². The number of anilines is 1. The van der Waals surface area contributed by atoms with Crippen molar-refractivity contribution in [3.8, 4) is 6.07 Å². The molecule has 20 heavy (non-hydrogen) atoms. The van der Waals surface area contributed by atoms with Crippen LogP contribution in [0, 0.1) is 21.4 Å². The van der Waals surface area contributed by atoms with E-state index in [0.29, 0.717) is 5.69 Å². The standard InChI is InChI=1S/C14H9N3O3/c15-9-11-7-6-10(8-13(11)17(19)20)14(18)16-12-4-2-1-3-5-12/h1-8H,(H,16,18). The average molecular weight is 267 g/mol. The molecule has 2 rings (SSSR count). The van der Waals surface area contributed by atoms with E-state index in [1.165, 1.54) is 12.1 Å². The first kappa shape index (κ1) is 13.2. The first-order valence-corrected chi connectivity index (χ1v) is 5.67. The molecule has 0 aliphatic rings. The molecule has 0 bridgehead atoms. The molecule has 0 aliphatic heterocycles. The van der Waals surface area contributed by atoms with Gasteiger partial charge >= 0.3 is 0 Å². The molecule has 0 unspecified atom stereocenters. The SMILES string of the molecule is N#Cc1ccc(C(=O)Nc2ccccc2)cc1[N+](=O)[O-]. The van der Waals surface area contributed by atoms with Crippen molar-refractivity contribution in [2.24, 2.45) is 0 Å². The Bertz CT molecular complexity index is 705. The second-order valence-electron chi connectivity index (χ2n) is 3.92. The van der Waals surface area contributed by atoms with E-state index in [0.717, 1.165) is 6.07 Å². The number of carbonyl (C=O) groups is 1. The highest BCUT2D eigenvalue weighted by Gasteiger charge is 2.17. The van der Waals surface area contributed by atoms with Crippen LogP contribution >= 0.6 is 0 Å². The number of hydrogen-bond donors (Lipinski definition) is 1. The molecule has 6 heteroatoms. The number of hydrogen-bond acceptors (Lipinski definition) is 4. The quantitative estimate of drug-likeness (QED) is 0.683. The number of nitro benzene ring substituents is 1. The largest absolute Gasteiger partial charge is 0.322 e. The second-order valence-corrected chi connectivity index (χ2v) is 3.92. The molecule has 1 amide bonds. The zero-order valence-electron chi connectivity index (χ0n) is 10.2. The summed E-state index contributed by atoms with van der Waals surface area (Å²) in [6.07, 6.45) is 0. The predicted molar refractivity (Wildman–Crippen MR) is 72.2 cm³/mol. The number of benzene rings is 2. The molecular weight excluding hydrogens is 258 g/mol. The van der Waals surface area contributed by atoms with Gasteiger partial charge in [0.2, 0.25) is 0 Å². The van der Waals surface area contributed by atoms with E-state index in [9.17, 15) is 14.9 Å². The highest BCUT2D eigenvalue weighted by atomic mass is 16.6. The molecule has 0 fully saturated rings. The molecule has 0 saturated carbocycles. The van der Waals surface area contributed by atoms with Crippen LogP contribution in [0.15, 0.2) is 48.5 Å². The highest BCUT2D eigenvalue weighted by Crippen LogP contribution is 2.20. The van der Waals surface area contributed by atoms with E-state index in [4.69, 9.17) is 5.26 Å². The Morgan fingerprint density at radius 2 is 1.90 bits per heavy atom. The first-order chi connectivity index (χ1) is 9.61. The third-order valence-corrected chi connectivity index (χ3v) is 2.61. The molecule has 1 N–H and O–H groups in total. The summed E-state index contributed by atoms with van der Waals surface area (Å²) in [5.41, 5.74) is 0.253. The topological polar surface area (TPSA) is 96.0 Å². The Hall–Kier alpha value is -3.20. The van der Waals surface area contributed by atoms with Crippen molar-refractivity contribution in [2.45, 2.75) is 0 Å². The summed E-state index contributed by atoms with van der Waals surface area (Å²) >= 11 is 0. The third-order valence-electron chi connectivity index (χ3n) is 2.61. The Kier molecular flexibility index (Phi) is 3.72. The molecule has 2 aromatic carbocycles. The smallest absolute Gasteiger partial charge is 0.287 e. The Labute approximate surface area is 114 Å². The zero-order valence-corrected chi connectivity index (χ0v) is 10.2. The lowest BCUT2D eigenvalue weighted by atomic mass is 10.1. The number of carbonyl (C=O) groups excluding carboxylic acids is 1. The fraction of sp³-hybridized carbons (Fsp3) is 0. The summed E-state index contributed by atoms with van der Waals surface area (Å²) in [7, 11) is 0. The molecule has 0 aromatic heterocycles. The lowest BCUT2D eigenvalue weighted by Gasteiger charge is -2.05. The van der Waals surface area contributed by atoms with Crippen LogP contribution < -0.4 is 5.32 Å². The highest BCUT2D eigenvalue weighted by molar-refractivity contribution is 6.04. The summed E-state index contributed by atoms with van der Waals surface area (Å²) in [5.74, 6) is -0.469. The monoisotopic (exact) mass is 267 g/mol. The summed E-state index contributed by atoms with van der Waals surface area (Å²) in [6, 6.07) is 14.2. The molecule has 0 aliphatic carbocycles. The van der Waals surface area contributed by atoms with Crippen molar-refractivity contribution < 1.29 is 9.72 Å². The molecule has 0 heterocycles. The fourth-order valence-electron chi connectivity index (χ4n) is 1.64. The van der Waals surface area contributed by atoms with Gasteiger partial charge in [-0.15, -0.1) is 0 Å². The van der Waals surface area contributed by atoms with Crippen molar-refractivity contribution in [3.05, 3.63) is 69.8 Å². The fourth-order valence-corrected chi connectivity index (χ4v) is 1.64. The third kappa shape index (κ3) is 2.79. The maximum Gasteiger partial charge on any atom is 0.287 e. The lowest BCUT2D eigenvalue weighted by Crippen LogP contribution is -2.12. The summed E-state index contributed by atoms with van der Waals surface area (Å²) in [4.78, 5) is 22.1. The molecule has 0 atom stereocenters. The molecule has 0 spiro atoms. The van der Waals surface area contributed by atoms with Gasteiger partial charge in [-0.1, -0.05) is 18.2 Å². The van der Waals surface area contributed by atoms with E-state index in [2.05, 4.69) is 5.32 Å². The van der Waals surface area contributed by atoms with Gasteiger partial charge in [-0.05, 0) is 24.3 Å². The lowest BCUT2D eigenvalue weighted by molar-refractivity contribution is -0.385. The molecular formula is C14H9N3O3. The molecule has 6 nitrogen and oxygen atoms in total. The van der Waals surface area contributed by atoms with Gasteiger partial charge in [0.1, 0.15) is 11.6 Å².